The Labute approximate surface area is 405 Å². The average molecular weight is 880 g/mol. The Morgan fingerprint density at radius 3 is 1.52 bits per heavy atom. The number of fused-ring (bicyclic) bond motifs is 7. The third-order valence-corrected chi connectivity index (χ3v) is 15.1. The van der Waals surface area contributed by atoms with Gasteiger partial charge >= 0.3 is 0 Å². The van der Waals surface area contributed by atoms with Crippen LogP contribution in [0.4, 0.5) is 17.1 Å². The van der Waals surface area contributed by atoms with E-state index in [1.807, 2.05) is 0 Å². The molecule has 0 atom stereocenters. The van der Waals surface area contributed by atoms with Gasteiger partial charge in [0.25, 0.3) is 0 Å². The van der Waals surface area contributed by atoms with Crippen LogP contribution in [0.25, 0.3) is 66.4 Å². The van der Waals surface area contributed by atoms with E-state index >= 15 is 0 Å². The predicted octanol–water partition coefficient (Wildman–Crippen LogP) is 18.0. The molecule has 2 aliphatic carbocycles. The van der Waals surface area contributed by atoms with Crippen molar-refractivity contribution in [3.05, 3.63) is 294 Å². The lowest BCUT2D eigenvalue weighted by molar-refractivity contribution is 0.662. The Morgan fingerprint density at radius 2 is 0.797 bits per heavy atom. The minimum absolute atomic E-state index is 0.107. The molecule has 0 bridgehead atoms. The van der Waals surface area contributed by atoms with Crippen LogP contribution in [0.15, 0.2) is 261 Å². The van der Waals surface area contributed by atoms with Crippen molar-refractivity contribution in [2.75, 3.05) is 4.90 Å². The summed E-state index contributed by atoms with van der Waals surface area (Å²) in [5, 5.41) is 2.49. The molecular formula is C68H49N. The fourth-order valence-corrected chi connectivity index (χ4v) is 12.0. The van der Waals surface area contributed by atoms with Crippen molar-refractivity contribution < 1.29 is 0 Å². The fourth-order valence-electron chi connectivity index (χ4n) is 12.0. The van der Waals surface area contributed by atoms with E-state index in [1.54, 1.807) is 0 Å². The number of anilines is 3. The van der Waals surface area contributed by atoms with Crippen molar-refractivity contribution in [3.63, 3.8) is 0 Å². The number of benzene rings is 11. The molecule has 1 nitrogen and oxygen atoms in total. The summed E-state index contributed by atoms with van der Waals surface area (Å²) in [4.78, 5) is 2.41. The van der Waals surface area contributed by atoms with Crippen LogP contribution in [0.3, 0.4) is 0 Å². The molecule has 0 radical (unpaired) electrons. The van der Waals surface area contributed by atoms with Crippen molar-refractivity contribution in [2.24, 2.45) is 0 Å². The Balaban J connectivity index is 0.929. The van der Waals surface area contributed by atoms with E-state index in [1.165, 1.54) is 99.8 Å². The van der Waals surface area contributed by atoms with Gasteiger partial charge in [-0.25, -0.2) is 0 Å². The van der Waals surface area contributed by atoms with Gasteiger partial charge in [-0.2, -0.15) is 0 Å². The predicted molar refractivity (Wildman–Crippen MR) is 290 cm³/mol. The standard InChI is InChI=1S/C68H49N/c1-67(2)63-32-13-11-28-60(63)62-31-17-30-58(66(62)67)48-36-41-54(42-37-48)69(55-25-15-20-50(44-55)57-29-16-19-47-18-9-10-26-56(47)57)53-39-34-46(35-40-53)49-38-43-61-59-27-12-14-33-64(59)68(65(61)45-49,51-21-5-3-6-22-51)52-23-7-4-8-24-52/h3-45H,1-2H3. The largest absolute Gasteiger partial charge is 0.310 e. The Hall–Kier alpha value is -8.52. The highest BCUT2D eigenvalue weighted by Crippen LogP contribution is 2.57. The second-order valence-corrected chi connectivity index (χ2v) is 19.2. The SMILES string of the molecule is CC1(C)c2ccccc2-c2cccc(-c3ccc(N(c4ccc(-c5ccc6c(c5)C(c5ccccc5)(c5ccccc5)c5ccccc5-6)cc4)c4cccc(-c5cccc6ccccc56)c4)cc3)c21. The molecule has 0 aliphatic heterocycles. The van der Waals surface area contributed by atoms with Gasteiger partial charge in [-0.05, 0) is 142 Å². The Kier molecular flexibility index (Phi) is 9.49. The van der Waals surface area contributed by atoms with Crippen LogP contribution in [-0.2, 0) is 10.8 Å². The van der Waals surface area contributed by atoms with E-state index in [2.05, 4.69) is 280 Å². The first-order valence-electron chi connectivity index (χ1n) is 24.2. The summed E-state index contributed by atoms with van der Waals surface area (Å²) in [5.41, 5.74) is 23.2. The van der Waals surface area contributed by atoms with Crippen molar-refractivity contribution >= 4 is 27.8 Å². The van der Waals surface area contributed by atoms with Crippen LogP contribution in [0.1, 0.15) is 47.2 Å². The van der Waals surface area contributed by atoms with E-state index < -0.39 is 5.41 Å². The second-order valence-electron chi connectivity index (χ2n) is 19.2. The van der Waals surface area contributed by atoms with Crippen molar-refractivity contribution in [1.29, 1.82) is 0 Å². The van der Waals surface area contributed by atoms with Crippen LogP contribution < -0.4 is 4.90 Å². The molecule has 0 saturated heterocycles. The van der Waals surface area contributed by atoms with Gasteiger partial charge in [0.2, 0.25) is 0 Å². The third-order valence-electron chi connectivity index (χ3n) is 15.1. The topological polar surface area (TPSA) is 3.24 Å². The van der Waals surface area contributed by atoms with Crippen molar-refractivity contribution in [3.8, 4) is 55.6 Å². The highest BCUT2D eigenvalue weighted by atomic mass is 15.1. The first-order valence-corrected chi connectivity index (χ1v) is 24.2. The van der Waals surface area contributed by atoms with E-state index in [0.717, 1.165) is 17.1 Å². The van der Waals surface area contributed by atoms with E-state index in [-0.39, 0.29) is 5.41 Å². The summed E-state index contributed by atoms with van der Waals surface area (Å²) in [5.74, 6) is 0. The zero-order valence-corrected chi connectivity index (χ0v) is 38.8. The van der Waals surface area contributed by atoms with Crippen LogP contribution in [0.2, 0.25) is 0 Å². The van der Waals surface area contributed by atoms with Gasteiger partial charge < -0.3 is 4.90 Å². The Morgan fingerprint density at radius 1 is 0.290 bits per heavy atom. The van der Waals surface area contributed by atoms with Crippen LogP contribution in [-0.4, -0.2) is 0 Å². The molecule has 0 fully saturated rings. The summed E-state index contributed by atoms with van der Waals surface area (Å²) in [7, 11) is 0. The number of hydrogen-bond donors (Lipinski definition) is 0. The molecule has 0 heterocycles. The molecule has 69 heavy (non-hydrogen) atoms. The zero-order chi connectivity index (χ0) is 46.1. The molecule has 1 heteroatoms. The normalized spacial score (nSPS) is 13.6. The number of rotatable bonds is 8. The van der Waals surface area contributed by atoms with E-state index in [9.17, 15) is 0 Å². The maximum atomic E-state index is 2.45. The molecule has 0 N–H and O–H groups in total. The van der Waals surface area contributed by atoms with E-state index in [4.69, 9.17) is 0 Å². The monoisotopic (exact) mass is 879 g/mol. The minimum atomic E-state index is -0.456. The lowest BCUT2D eigenvalue weighted by Crippen LogP contribution is -2.28. The Bertz CT molecular complexity index is 3690. The lowest BCUT2D eigenvalue weighted by atomic mass is 9.67. The first kappa shape index (κ1) is 40.7. The molecule has 0 saturated carbocycles. The molecule has 11 aromatic rings. The van der Waals surface area contributed by atoms with Crippen molar-refractivity contribution in [1.82, 2.24) is 0 Å². The van der Waals surface area contributed by atoms with Gasteiger partial charge in [0.1, 0.15) is 0 Å². The quantitative estimate of drug-likeness (QED) is 0.147. The number of nitrogens with zero attached hydrogens (tertiary/aromatic N) is 1. The maximum absolute atomic E-state index is 2.45. The van der Waals surface area contributed by atoms with Gasteiger partial charge in [-0.15, -0.1) is 0 Å². The summed E-state index contributed by atoms with van der Waals surface area (Å²) >= 11 is 0. The lowest BCUT2D eigenvalue weighted by Gasteiger charge is -2.34. The minimum Gasteiger partial charge on any atom is -0.310 e. The number of hydrogen-bond acceptors (Lipinski definition) is 1. The van der Waals surface area contributed by atoms with Crippen LogP contribution in [0, 0.1) is 0 Å². The van der Waals surface area contributed by atoms with E-state index in [0.29, 0.717) is 0 Å². The maximum Gasteiger partial charge on any atom is 0.0713 e. The van der Waals surface area contributed by atoms with Gasteiger partial charge in [-0.1, -0.05) is 232 Å². The molecule has 0 amide bonds. The van der Waals surface area contributed by atoms with Gasteiger partial charge in [0.15, 0.2) is 0 Å². The smallest absolute Gasteiger partial charge is 0.0713 e. The van der Waals surface area contributed by atoms with Gasteiger partial charge in [-0.3, -0.25) is 0 Å². The summed E-state index contributed by atoms with van der Waals surface area (Å²) < 4.78 is 0. The zero-order valence-electron chi connectivity index (χ0n) is 38.8. The average Bonchev–Trinajstić information content (AvgIpc) is 3.85. The second kappa shape index (κ2) is 16.1. The molecule has 0 aromatic heterocycles. The van der Waals surface area contributed by atoms with Gasteiger partial charge in [0.05, 0.1) is 5.41 Å². The molecule has 11 aromatic carbocycles. The highest BCUT2D eigenvalue weighted by Gasteiger charge is 2.46. The molecule has 0 unspecified atom stereocenters. The molecule has 2 aliphatic rings. The fraction of sp³-hybridized carbons (Fsp3) is 0.0588. The third kappa shape index (κ3) is 6.38. The summed E-state index contributed by atoms with van der Waals surface area (Å²) in [6.45, 7) is 4.74. The van der Waals surface area contributed by atoms with Crippen molar-refractivity contribution in [2.45, 2.75) is 24.7 Å². The molecule has 0 spiro atoms. The summed E-state index contributed by atoms with van der Waals surface area (Å²) in [6.07, 6.45) is 0. The van der Waals surface area contributed by atoms with Crippen LogP contribution in [0.5, 0.6) is 0 Å². The first-order chi connectivity index (χ1) is 34.0. The molecular weight excluding hydrogens is 831 g/mol. The highest BCUT2D eigenvalue weighted by molar-refractivity contribution is 5.98. The summed E-state index contributed by atoms with van der Waals surface area (Å²) in [6, 6.07) is 96.6. The molecule has 326 valence electrons. The van der Waals surface area contributed by atoms with Crippen LogP contribution >= 0.6 is 0 Å². The molecule has 13 rings (SSSR count). The van der Waals surface area contributed by atoms with Gasteiger partial charge in [0, 0.05) is 22.5 Å².